The molecule has 0 aromatic carbocycles. The summed E-state index contributed by atoms with van der Waals surface area (Å²) in [6.45, 7) is 1.24. The molecule has 1 heterocycles. The number of pyridine rings is 1. The van der Waals surface area contributed by atoms with Gasteiger partial charge in [-0.05, 0) is 25.0 Å². The van der Waals surface area contributed by atoms with Crippen LogP contribution in [-0.4, -0.2) is 46.0 Å². The number of methoxy groups -OCH3 is 1. The predicted molar refractivity (Wildman–Crippen MR) is 85.7 cm³/mol. The molecule has 1 aliphatic rings. The number of hydrogen-bond donors (Lipinski definition) is 2. The van der Waals surface area contributed by atoms with Crippen molar-refractivity contribution in [2.45, 2.75) is 30.7 Å². The molecule has 1 fully saturated rings. The van der Waals surface area contributed by atoms with Gasteiger partial charge >= 0.3 is 6.03 Å². The molecule has 0 atom stereocenters. The van der Waals surface area contributed by atoms with Crippen molar-refractivity contribution in [2.24, 2.45) is 5.41 Å². The molecule has 1 saturated carbocycles. The summed E-state index contributed by atoms with van der Waals surface area (Å²) in [6, 6.07) is 2.71. The predicted octanol–water partition coefficient (Wildman–Crippen LogP) is 1.10. The van der Waals surface area contributed by atoms with E-state index in [2.05, 4.69) is 15.6 Å². The van der Waals surface area contributed by atoms with E-state index >= 15 is 0 Å². The van der Waals surface area contributed by atoms with Gasteiger partial charge in [0.05, 0.1) is 23.7 Å². The van der Waals surface area contributed by atoms with Gasteiger partial charge < -0.3 is 15.4 Å². The van der Waals surface area contributed by atoms with Crippen LogP contribution in [0.3, 0.4) is 0 Å². The summed E-state index contributed by atoms with van der Waals surface area (Å²) < 4.78 is 28.6. The lowest BCUT2D eigenvalue weighted by molar-refractivity contribution is 0.0200. The number of nitrogens with one attached hydrogen (secondary N) is 2. The first-order valence-electron chi connectivity index (χ1n) is 7.51. The van der Waals surface area contributed by atoms with E-state index in [4.69, 9.17) is 4.74 Å². The van der Waals surface area contributed by atoms with Gasteiger partial charge in [-0.1, -0.05) is 6.42 Å². The van der Waals surface area contributed by atoms with Crippen molar-refractivity contribution >= 4 is 15.9 Å². The van der Waals surface area contributed by atoms with Crippen LogP contribution in [0.1, 0.15) is 25.0 Å². The Morgan fingerprint density at radius 2 is 2.13 bits per heavy atom. The molecule has 128 valence electrons. The van der Waals surface area contributed by atoms with E-state index in [0.717, 1.165) is 25.5 Å². The standard InChI is InChI=1S/C15H23N3O4S/c1-22-11-15(6-4-7-15)10-18-14(19)17-9-12-13(23(2,20)21)5-3-8-16-12/h3,5,8H,4,6-7,9-11H2,1-2H3,(H2,17,18,19). The van der Waals surface area contributed by atoms with Crippen LogP contribution in [0, 0.1) is 5.41 Å². The number of nitrogens with zero attached hydrogens (tertiary/aromatic N) is 1. The van der Waals surface area contributed by atoms with Crippen molar-refractivity contribution in [3.8, 4) is 0 Å². The normalized spacial score (nSPS) is 16.4. The first-order valence-corrected chi connectivity index (χ1v) is 9.40. The molecule has 23 heavy (non-hydrogen) atoms. The number of hydrogen-bond acceptors (Lipinski definition) is 5. The van der Waals surface area contributed by atoms with Crippen molar-refractivity contribution in [2.75, 3.05) is 26.5 Å². The fraction of sp³-hybridized carbons (Fsp3) is 0.600. The van der Waals surface area contributed by atoms with E-state index < -0.39 is 9.84 Å². The minimum absolute atomic E-state index is 0.0367. The Balaban J connectivity index is 1.88. The Labute approximate surface area is 136 Å². The number of rotatable bonds is 7. The van der Waals surface area contributed by atoms with Crippen molar-refractivity contribution in [3.63, 3.8) is 0 Å². The minimum atomic E-state index is -3.37. The summed E-state index contributed by atoms with van der Waals surface area (Å²) in [5, 5.41) is 5.49. The van der Waals surface area contributed by atoms with Crippen LogP contribution in [0.2, 0.25) is 0 Å². The Morgan fingerprint density at radius 1 is 1.39 bits per heavy atom. The number of aromatic nitrogens is 1. The Bertz CT molecular complexity index is 656. The minimum Gasteiger partial charge on any atom is -0.384 e. The molecule has 0 radical (unpaired) electrons. The summed E-state index contributed by atoms with van der Waals surface area (Å²) in [6.07, 6.45) is 5.86. The van der Waals surface area contributed by atoms with Gasteiger partial charge in [-0.25, -0.2) is 13.2 Å². The topological polar surface area (TPSA) is 97.4 Å². The monoisotopic (exact) mass is 341 g/mol. The Morgan fingerprint density at radius 3 is 2.70 bits per heavy atom. The number of sulfone groups is 1. The smallest absolute Gasteiger partial charge is 0.315 e. The van der Waals surface area contributed by atoms with Gasteiger partial charge in [0.25, 0.3) is 0 Å². The molecular formula is C15H23N3O4S. The average molecular weight is 341 g/mol. The molecule has 0 spiro atoms. The Hall–Kier alpha value is -1.67. The second-order valence-corrected chi connectivity index (χ2v) is 8.03. The second-order valence-electron chi connectivity index (χ2n) is 6.04. The van der Waals surface area contributed by atoms with Crippen LogP contribution in [0.25, 0.3) is 0 Å². The van der Waals surface area contributed by atoms with Crippen LogP contribution in [0.15, 0.2) is 23.2 Å². The van der Waals surface area contributed by atoms with Gasteiger partial charge in [-0.3, -0.25) is 4.98 Å². The maximum Gasteiger partial charge on any atom is 0.315 e. The average Bonchev–Trinajstić information content (AvgIpc) is 2.47. The highest BCUT2D eigenvalue weighted by molar-refractivity contribution is 7.90. The van der Waals surface area contributed by atoms with Crippen molar-refractivity contribution < 1.29 is 17.9 Å². The molecule has 8 heteroatoms. The quantitative estimate of drug-likeness (QED) is 0.774. The summed E-state index contributed by atoms with van der Waals surface area (Å²) in [5.41, 5.74) is 0.370. The number of ether oxygens (including phenoxy) is 1. The molecular weight excluding hydrogens is 318 g/mol. The molecule has 1 aliphatic carbocycles. The van der Waals surface area contributed by atoms with Gasteiger partial charge in [0.1, 0.15) is 0 Å². The highest BCUT2D eigenvalue weighted by Gasteiger charge is 2.37. The third-order valence-electron chi connectivity index (χ3n) is 4.15. The molecule has 0 bridgehead atoms. The third kappa shape index (κ3) is 4.65. The van der Waals surface area contributed by atoms with Crippen molar-refractivity contribution in [1.82, 2.24) is 15.6 Å². The van der Waals surface area contributed by atoms with E-state index in [9.17, 15) is 13.2 Å². The van der Waals surface area contributed by atoms with E-state index in [-0.39, 0.29) is 22.9 Å². The van der Waals surface area contributed by atoms with Crippen molar-refractivity contribution in [1.29, 1.82) is 0 Å². The van der Waals surface area contributed by atoms with E-state index in [1.54, 1.807) is 13.2 Å². The van der Waals surface area contributed by atoms with Gasteiger partial charge in [0, 0.05) is 31.5 Å². The number of carbonyl (C=O) groups is 1. The van der Waals surface area contributed by atoms with Crippen LogP contribution < -0.4 is 10.6 Å². The number of amides is 2. The largest absolute Gasteiger partial charge is 0.384 e. The van der Waals surface area contributed by atoms with Crippen LogP contribution in [-0.2, 0) is 21.1 Å². The zero-order valence-electron chi connectivity index (χ0n) is 13.5. The molecule has 7 nitrogen and oxygen atoms in total. The Kier molecular flexibility index (Phi) is 5.59. The SMILES string of the molecule is COCC1(CNC(=O)NCc2ncccc2S(C)(=O)=O)CCC1. The van der Waals surface area contributed by atoms with Gasteiger partial charge in [-0.2, -0.15) is 0 Å². The summed E-state index contributed by atoms with van der Waals surface area (Å²) >= 11 is 0. The summed E-state index contributed by atoms with van der Waals surface area (Å²) in [5.74, 6) is 0. The zero-order valence-corrected chi connectivity index (χ0v) is 14.3. The highest BCUT2D eigenvalue weighted by Crippen LogP contribution is 2.40. The first-order chi connectivity index (χ1) is 10.9. The fourth-order valence-electron chi connectivity index (χ4n) is 2.74. The molecule has 2 N–H and O–H groups in total. The van der Waals surface area contributed by atoms with Gasteiger partial charge in [0.2, 0.25) is 0 Å². The highest BCUT2D eigenvalue weighted by atomic mass is 32.2. The lowest BCUT2D eigenvalue weighted by Crippen LogP contribution is -2.47. The molecule has 0 aliphatic heterocycles. The van der Waals surface area contributed by atoms with Crippen LogP contribution in [0.5, 0.6) is 0 Å². The number of carbonyl (C=O) groups excluding carboxylic acids is 1. The third-order valence-corrected chi connectivity index (χ3v) is 5.32. The van der Waals surface area contributed by atoms with Gasteiger partial charge in [0.15, 0.2) is 9.84 Å². The molecule has 2 amide bonds. The van der Waals surface area contributed by atoms with Crippen LogP contribution >= 0.6 is 0 Å². The maximum absolute atomic E-state index is 11.9. The molecule has 0 saturated heterocycles. The molecule has 1 aromatic heterocycles. The van der Waals surface area contributed by atoms with E-state index in [0.29, 0.717) is 18.8 Å². The lowest BCUT2D eigenvalue weighted by atomic mass is 9.69. The van der Waals surface area contributed by atoms with Gasteiger partial charge in [-0.15, -0.1) is 0 Å². The summed E-state index contributed by atoms with van der Waals surface area (Å²) in [4.78, 5) is 16.1. The molecule has 2 rings (SSSR count). The van der Waals surface area contributed by atoms with E-state index in [1.165, 1.54) is 12.3 Å². The maximum atomic E-state index is 11.9. The molecule has 1 aromatic rings. The van der Waals surface area contributed by atoms with Crippen molar-refractivity contribution in [3.05, 3.63) is 24.0 Å². The second kappa shape index (κ2) is 7.27. The summed E-state index contributed by atoms with van der Waals surface area (Å²) in [7, 11) is -1.71. The lowest BCUT2D eigenvalue weighted by Gasteiger charge is -2.41. The number of urea groups is 1. The van der Waals surface area contributed by atoms with Crippen LogP contribution in [0.4, 0.5) is 4.79 Å². The zero-order chi connectivity index (χ0) is 16.9. The molecule has 0 unspecified atom stereocenters. The fourth-order valence-corrected chi connectivity index (χ4v) is 3.62. The van der Waals surface area contributed by atoms with E-state index in [1.807, 2.05) is 0 Å². The first kappa shape index (κ1) is 17.7.